The number of anilines is 1. The highest BCUT2D eigenvalue weighted by molar-refractivity contribution is 7.92. The van der Waals surface area contributed by atoms with Crippen LogP contribution in [0, 0.1) is 5.82 Å². The van der Waals surface area contributed by atoms with Crippen molar-refractivity contribution < 1.29 is 22.4 Å². The first-order chi connectivity index (χ1) is 18.0. The van der Waals surface area contributed by atoms with Crippen LogP contribution in [0.2, 0.25) is 5.02 Å². The lowest BCUT2D eigenvalue weighted by Crippen LogP contribution is -2.53. The quantitative estimate of drug-likeness (QED) is 0.370. The van der Waals surface area contributed by atoms with E-state index in [-0.39, 0.29) is 34.1 Å². The number of sulfonamides is 1. The zero-order valence-electron chi connectivity index (χ0n) is 21.5. The van der Waals surface area contributed by atoms with E-state index in [0.29, 0.717) is 6.42 Å². The second kappa shape index (κ2) is 12.9. The third kappa shape index (κ3) is 7.33. The lowest BCUT2D eigenvalue weighted by atomic mass is 10.1. The Kier molecular flexibility index (Phi) is 9.88. The van der Waals surface area contributed by atoms with Crippen molar-refractivity contribution in [3.63, 3.8) is 0 Å². The van der Waals surface area contributed by atoms with Gasteiger partial charge in [-0.15, -0.1) is 0 Å². The molecule has 0 heterocycles. The van der Waals surface area contributed by atoms with E-state index in [2.05, 4.69) is 5.32 Å². The van der Waals surface area contributed by atoms with E-state index in [1.54, 1.807) is 25.1 Å². The van der Waals surface area contributed by atoms with Crippen LogP contribution in [-0.2, 0) is 26.0 Å². The summed E-state index contributed by atoms with van der Waals surface area (Å²) in [6.45, 7) is 4.79. The largest absolute Gasteiger partial charge is 0.352 e. The van der Waals surface area contributed by atoms with Crippen LogP contribution in [0.4, 0.5) is 10.1 Å². The van der Waals surface area contributed by atoms with Gasteiger partial charge in [-0.2, -0.15) is 0 Å². The molecule has 0 saturated carbocycles. The highest BCUT2D eigenvalue weighted by Crippen LogP contribution is 2.28. The number of halogens is 2. The third-order valence-corrected chi connectivity index (χ3v) is 7.96. The Hall–Kier alpha value is -3.43. The first kappa shape index (κ1) is 29.1. The molecule has 0 aliphatic heterocycles. The molecule has 0 aliphatic rings. The maximum Gasteiger partial charge on any atom is 0.264 e. The van der Waals surface area contributed by atoms with Gasteiger partial charge in [-0.1, -0.05) is 60.1 Å². The summed E-state index contributed by atoms with van der Waals surface area (Å²) in [4.78, 5) is 27.9. The van der Waals surface area contributed by atoms with Crippen molar-refractivity contribution in [3.8, 4) is 0 Å². The molecule has 0 radical (unpaired) electrons. The maximum absolute atomic E-state index is 13.9. The average molecular weight is 560 g/mol. The van der Waals surface area contributed by atoms with Gasteiger partial charge in [-0.3, -0.25) is 13.9 Å². The van der Waals surface area contributed by atoms with Crippen LogP contribution < -0.4 is 9.62 Å². The smallest absolute Gasteiger partial charge is 0.264 e. The third-order valence-electron chi connectivity index (χ3n) is 5.88. The molecule has 0 spiro atoms. The molecule has 0 bridgehead atoms. The summed E-state index contributed by atoms with van der Waals surface area (Å²) < 4.78 is 42.1. The second-order valence-corrected chi connectivity index (χ2v) is 11.4. The zero-order chi connectivity index (χ0) is 27.9. The Bertz CT molecular complexity index is 1360. The number of carbonyl (C=O) groups excluding carboxylic acids is 2. The van der Waals surface area contributed by atoms with Gasteiger partial charge in [-0.05, 0) is 63.1 Å². The molecule has 38 heavy (non-hydrogen) atoms. The molecule has 0 aliphatic carbocycles. The summed E-state index contributed by atoms with van der Waals surface area (Å²) in [5, 5.41) is 2.52. The molecule has 2 amide bonds. The van der Waals surface area contributed by atoms with E-state index in [9.17, 15) is 22.4 Å². The van der Waals surface area contributed by atoms with Gasteiger partial charge in [0.15, 0.2) is 0 Å². The summed E-state index contributed by atoms with van der Waals surface area (Å²) >= 11 is 5.97. The standard InChI is InChI=1S/C28H31ClFN3O4S/c1-20(2)31-28(35)21(3)32(17-16-22-10-6-4-7-11-22)27(34)19-33(23-14-15-26(30)25(29)18-23)38(36,37)24-12-8-5-9-13-24/h4-15,18,20-21H,16-17,19H2,1-3H3,(H,31,35)/t21-/m1/s1. The van der Waals surface area contributed by atoms with Crippen molar-refractivity contribution in [2.45, 2.75) is 44.2 Å². The zero-order valence-corrected chi connectivity index (χ0v) is 23.0. The highest BCUT2D eigenvalue weighted by Gasteiger charge is 2.32. The normalized spacial score (nSPS) is 12.2. The van der Waals surface area contributed by atoms with Crippen LogP contribution in [0.15, 0.2) is 83.8 Å². The minimum absolute atomic E-state index is 0.0240. The number of nitrogens with zero attached hydrogens (tertiary/aromatic N) is 2. The van der Waals surface area contributed by atoms with Gasteiger partial charge in [0, 0.05) is 12.6 Å². The molecule has 0 aromatic heterocycles. The van der Waals surface area contributed by atoms with Gasteiger partial charge in [0.2, 0.25) is 11.8 Å². The summed E-state index contributed by atoms with van der Waals surface area (Å²) in [5.41, 5.74) is 0.983. The molecule has 3 aromatic carbocycles. The monoisotopic (exact) mass is 559 g/mol. The minimum Gasteiger partial charge on any atom is -0.352 e. The fraction of sp³-hybridized carbons (Fsp3) is 0.286. The topological polar surface area (TPSA) is 86.8 Å². The van der Waals surface area contributed by atoms with Crippen LogP contribution >= 0.6 is 11.6 Å². The number of benzene rings is 3. The Balaban J connectivity index is 1.99. The molecule has 7 nitrogen and oxygen atoms in total. The van der Waals surface area contributed by atoms with Crippen molar-refractivity contribution >= 4 is 39.1 Å². The van der Waals surface area contributed by atoms with Gasteiger partial charge in [-0.25, -0.2) is 12.8 Å². The van der Waals surface area contributed by atoms with Crippen molar-refractivity contribution in [2.75, 3.05) is 17.4 Å². The maximum atomic E-state index is 13.9. The van der Waals surface area contributed by atoms with Crippen molar-refractivity contribution in [1.82, 2.24) is 10.2 Å². The van der Waals surface area contributed by atoms with E-state index < -0.39 is 34.3 Å². The van der Waals surface area contributed by atoms with E-state index in [1.165, 1.54) is 23.1 Å². The highest BCUT2D eigenvalue weighted by atomic mass is 35.5. The van der Waals surface area contributed by atoms with E-state index >= 15 is 0 Å². The molecule has 0 unspecified atom stereocenters. The van der Waals surface area contributed by atoms with E-state index in [4.69, 9.17) is 11.6 Å². The molecular weight excluding hydrogens is 529 g/mol. The van der Waals surface area contributed by atoms with Crippen molar-refractivity contribution in [2.24, 2.45) is 0 Å². The average Bonchev–Trinajstić information content (AvgIpc) is 2.89. The van der Waals surface area contributed by atoms with Gasteiger partial charge in [0.1, 0.15) is 18.4 Å². The van der Waals surface area contributed by atoms with Crippen LogP contribution in [0.1, 0.15) is 26.3 Å². The number of hydrogen-bond donors (Lipinski definition) is 1. The Morgan fingerprint density at radius 2 is 1.55 bits per heavy atom. The fourth-order valence-corrected chi connectivity index (χ4v) is 5.47. The molecular formula is C28H31ClFN3O4S. The molecule has 3 rings (SSSR count). The number of rotatable bonds is 11. The number of carbonyl (C=O) groups is 2. The lowest BCUT2D eigenvalue weighted by molar-refractivity contribution is -0.139. The molecule has 1 atom stereocenters. The molecule has 202 valence electrons. The Labute approximate surface area is 228 Å². The second-order valence-electron chi connectivity index (χ2n) is 9.09. The molecule has 0 fully saturated rings. The number of nitrogens with one attached hydrogen (secondary N) is 1. The van der Waals surface area contributed by atoms with Crippen LogP contribution in [0.3, 0.4) is 0 Å². The van der Waals surface area contributed by atoms with Gasteiger partial charge in [0.05, 0.1) is 15.6 Å². The van der Waals surface area contributed by atoms with E-state index in [1.807, 2.05) is 44.2 Å². The summed E-state index contributed by atoms with van der Waals surface area (Å²) in [5.74, 6) is -1.67. The number of amides is 2. The molecule has 1 N–H and O–H groups in total. The van der Waals surface area contributed by atoms with Gasteiger partial charge >= 0.3 is 0 Å². The lowest BCUT2D eigenvalue weighted by Gasteiger charge is -2.32. The predicted molar refractivity (Wildman–Crippen MR) is 147 cm³/mol. The molecule has 10 heteroatoms. The number of hydrogen-bond acceptors (Lipinski definition) is 4. The predicted octanol–water partition coefficient (Wildman–Crippen LogP) is 4.66. The Morgan fingerprint density at radius 3 is 2.13 bits per heavy atom. The minimum atomic E-state index is -4.24. The molecule has 3 aromatic rings. The fourth-order valence-electron chi connectivity index (χ4n) is 3.86. The van der Waals surface area contributed by atoms with Crippen LogP contribution in [0.25, 0.3) is 0 Å². The van der Waals surface area contributed by atoms with Crippen LogP contribution in [-0.4, -0.2) is 50.3 Å². The Morgan fingerprint density at radius 1 is 0.947 bits per heavy atom. The summed E-state index contributed by atoms with van der Waals surface area (Å²) in [7, 11) is -4.24. The van der Waals surface area contributed by atoms with E-state index in [0.717, 1.165) is 22.0 Å². The molecule has 0 saturated heterocycles. The van der Waals surface area contributed by atoms with Gasteiger partial charge in [0.25, 0.3) is 10.0 Å². The van der Waals surface area contributed by atoms with Crippen LogP contribution in [0.5, 0.6) is 0 Å². The first-order valence-electron chi connectivity index (χ1n) is 12.2. The van der Waals surface area contributed by atoms with Crippen molar-refractivity contribution in [1.29, 1.82) is 0 Å². The van der Waals surface area contributed by atoms with Gasteiger partial charge < -0.3 is 10.2 Å². The SMILES string of the molecule is CC(C)NC(=O)[C@@H](C)N(CCc1ccccc1)C(=O)CN(c1ccc(F)c(Cl)c1)S(=O)(=O)c1ccccc1. The summed E-state index contributed by atoms with van der Waals surface area (Å²) in [6.07, 6.45) is 0.458. The van der Waals surface area contributed by atoms with Crippen molar-refractivity contribution in [3.05, 3.63) is 95.3 Å². The first-order valence-corrected chi connectivity index (χ1v) is 14.0. The summed E-state index contributed by atoms with van der Waals surface area (Å²) in [6, 6.07) is 19.5.